The van der Waals surface area contributed by atoms with Crippen LogP contribution in [0.3, 0.4) is 0 Å². The zero-order valence-corrected chi connectivity index (χ0v) is 7.08. The van der Waals surface area contributed by atoms with E-state index in [9.17, 15) is 0 Å². The molecule has 0 amide bonds. The van der Waals surface area contributed by atoms with Crippen molar-refractivity contribution in [2.24, 2.45) is 0 Å². The van der Waals surface area contributed by atoms with Crippen LogP contribution in [0.2, 0.25) is 0 Å². The molecule has 2 aliphatic rings. The van der Waals surface area contributed by atoms with Crippen LogP contribution < -0.4 is 11.0 Å². The largest absolute Gasteiger partial charge is 0.250 e. The Hall–Kier alpha value is -1.32. The van der Waals surface area contributed by atoms with E-state index in [0.29, 0.717) is 6.04 Å². The second kappa shape index (κ2) is 2.58. The van der Waals surface area contributed by atoms with Gasteiger partial charge in [-0.3, -0.25) is 5.48 Å². The molecule has 0 saturated carbocycles. The molecule has 1 unspecified atom stereocenters. The smallest absolute Gasteiger partial charge is 0.0806 e. The Morgan fingerprint density at radius 1 is 1.31 bits per heavy atom. The highest BCUT2D eigenvalue weighted by Gasteiger charge is 2.25. The van der Waals surface area contributed by atoms with Crippen molar-refractivity contribution in [1.29, 1.82) is 0 Å². The third-order valence-electron chi connectivity index (χ3n) is 2.54. The first-order valence-corrected chi connectivity index (χ1v) is 4.40. The Morgan fingerprint density at radius 2 is 2.23 bits per heavy atom. The van der Waals surface area contributed by atoms with Gasteiger partial charge in [0.05, 0.1) is 11.7 Å². The van der Waals surface area contributed by atoms with E-state index in [1.807, 2.05) is 0 Å². The van der Waals surface area contributed by atoms with Gasteiger partial charge in [0.25, 0.3) is 0 Å². The van der Waals surface area contributed by atoms with Crippen molar-refractivity contribution >= 4 is 6.08 Å². The first-order chi connectivity index (χ1) is 6.43. The van der Waals surface area contributed by atoms with Crippen LogP contribution in [0.5, 0.6) is 0 Å². The van der Waals surface area contributed by atoms with Gasteiger partial charge in [0.1, 0.15) is 0 Å². The highest BCUT2D eigenvalue weighted by atomic mass is 16.8. The van der Waals surface area contributed by atoms with Crippen molar-refractivity contribution in [3.05, 3.63) is 41.1 Å². The minimum atomic E-state index is 0.301. The standard InChI is InChI=1S/C10H10N2O/c1-2-4-8-6-10-9(11-13-12-10)5-7(8)3-1/h1-5,10-12H,6H2. The van der Waals surface area contributed by atoms with E-state index in [1.54, 1.807) is 0 Å². The molecule has 0 bridgehead atoms. The average Bonchev–Trinajstić information content (AvgIpc) is 2.61. The Kier molecular flexibility index (Phi) is 1.41. The maximum Gasteiger partial charge on any atom is 0.0806 e. The van der Waals surface area contributed by atoms with E-state index in [-0.39, 0.29) is 0 Å². The van der Waals surface area contributed by atoms with Gasteiger partial charge < -0.3 is 0 Å². The summed E-state index contributed by atoms with van der Waals surface area (Å²) in [5.74, 6) is 0. The lowest BCUT2D eigenvalue weighted by Crippen LogP contribution is -2.26. The summed E-state index contributed by atoms with van der Waals surface area (Å²) in [4.78, 5) is 4.95. The molecule has 66 valence electrons. The van der Waals surface area contributed by atoms with Gasteiger partial charge in [-0.2, -0.15) is 10.4 Å². The molecule has 0 radical (unpaired) electrons. The van der Waals surface area contributed by atoms with Crippen LogP contribution in [0.25, 0.3) is 6.08 Å². The zero-order valence-electron chi connectivity index (χ0n) is 7.08. The maximum atomic E-state index is 4.95. The van der Waals surface area contributed by atoms with Gasteiger partial charge in [-0.25, -0.2) is 0 Å². The number of rotatable bonds is 0. The van der Waals surface area contributed by atoms with Crippen molar-refractivity contribution in [3.63, 3.8) is 0 Å². The molecule has 2 N–H and O–H groups in total. The first kappa shape index (κ1) is 7.12. The van der Waals surface area contributed by atoms with Crippen molar-refractivity contribution < 1.29 is 4.94 Å². The van der Waals surface area contributed by atoms with Gasteiger partial charge in [-0.05, 0) is 23.6 Å². The van der Waals surface area contributed by atoms with E-state index in [2.05, 4.69) is 41.3 Å². The molecule has 1 aliphatic heterocycles. The van der Waals surface area contributed by atoms with Crippen molar-refractivity contribution in [1.82, 2.24) is 11.0 Å². The Balaban J connectivity index is 2.10. The number of hydroxylamine groups is 2. The quantitative estimate of drug-likeness (QED) is 0.615. The molecule has 3 nitrogen and oxygen atoms in total. The van der Waals surface area contributed by atoms with Crippen LogP contribution in [-0.4, -0.2) is 6.04 Å². The monoisotopic (exact) mass is 174 g/mol. The molecular weight excluding hydrogens is 164 g/mol. The number of fused-ring (bicyclic) bond motifs is 2. The predicted octanol–water partition coefficient (Wildman–Crippen LogP) is 0.992. The minimum Gasteiger partial charge on any atom is -0.250 e. The van der Waals surface area contributed by atoms with Gasteiger partial charge >= 0.3 is 0 Å². The van der Waals surface area contributed by atoms with E-state index in [1.165, 1.54) is 11.1 Å². The highest BCUT2D eigenvalue weighted by Crippen LogP contribution is 2.24. The highest BCUT2D eigenvalue weighted by molar-refractivity contribution is 5.60. The fourth-order valence-electron chi connectivity index (χ4n) is 1.82. The third kappa shape index (κ3) is 1.05. The lowest BCUT2D eigenvalue weighted by molar-refractivity contribution is 0.0189. The van der Waals surface area contributed by atoms with Crippen molar-refractivity contribution in [3.8, 4) is 0 Å². The third-order valence-corrected chi connectivity index (χ3v) is 2.54. The number of hydrogen-bond acceptors (Lipinski definition) is 3. The molecule has 1 fully saturated rings. The van der Waals surface area contributed by atoms with E-state index >= 15 is 0 Å². The molecule has 3 rings (SSSR count). The lowest BCUT2D eigenvalue weighted by Gasteiger charge is -2.16. The SMILES string of the molecule is C1=C2NONC2Cc2ccccc21. The molecule has 1 aromatic carbocycles. The molecular formula is C10H10N2O. The van der Waals surface area contributed by atoms with Crippen LogP contribution in [0.1, 0.15) is 11.1 Å². The van der Waals surface area contributed by atoms with Crippen LogP contribution in [0, 0.1) is 0 Å². The maximum absolute atomic E-state index is 4.95. The van der Waals surface area contributed by atoms with Crippen LogP contribution in [-0.2, 0) is 11.4 Å². The second-order valence-corrected chi connectivity index (χ2v) is 3.38. The summed E-state index contributed by atoms with van der Waals surface area (Å²) < 4.78 is 0. The fraction of sp³-hybridized carbons (Fsp3) is 0.200. The molecule has 13 heavy (non-hydrogen) atoms. The molecule has 1 heterocycles. The summed E-state index contributed by atoms with van der Waals surface area (Å²) in [6.45, 7) is 0. The van der Waals surface area contributed by atoms with Crippen LogP contribution in [0.4, 0.5) is 0 Å². The second-order valence-electron chi connectivity index (χ2n) is 3.38. The van der Waals surface area contributed by atoms with Gasteiger partial charge in [-0.15, -0.1) is 0 Å². The van der Waals surface area contributed by atoms with E-state index < -0.39 is 0 Å². The minimum absolute atomic E-state index is 0.301. The van der Waals surface area contributed by atoms with Crippen LogP contribution >= 0.6 is 0 Å². The van der Waals surface area contributed by atoms with E-state index in [4.69, 9.17) is 4.94 Å². The molecule has 1 saturated heterocycles. The molecule has 0 spiro atoms. The normalized spacial score (nSPS) is 24.3. The van der Waals surface area contributed by atoms with Crippen molar-refractivity contribution in [2.45, 2.75) is 12.5 Å². The Bertz CT molecular complexity index is 373. The van der Waals surface area contributed by atoms with Gasteiger partial charge in [0.15, 0.2) is 0 Å². The summed E-state index contributed by atoms with van der Waals surface area (Å²) in [5.41, 5.74) is 9.55. The summed E-state index contributed by atoms with van der Waals surface area (Å²) in [7, 11) is 0. The summed E-state index contributed by atoms with van der Waals surface area (Å²) in [6, 6.07) is 8.71. The molecule has 1 atom stereocenters. The van der Waals surface area contributed by atoms with Gasteiger partial charge in [0.2, 0.25) is 0 Å². The molecule has 3 heteroatoms. The topological polar surface area (TPSA) is 33.3 Å². The molecule has 0 aromatic heterocycles. The Labute approximate surface area is 76.3 Å². The van der Waals surface area contributed by atoms with Gasteiger partial charge in [-0.1, -0.05) is 24.3 Å². The summed E-state index contributed by atoms with van der Waals surface area (Å²) >= 11 is 0. The number of hydrogen-bond donors (Lipinski definition) is 2. The summed E-state index contributed by atoms with van der Waals surface area (Å²) in [5, 5.41) is 0. The van der Waals surface area contributed by atoms with Crippen LogP contribution in [0.15, 0.2) is 30.0 Å². The Morgan fingerprint density at radius 3 is 3.23 bits per heavy atom. The fourth-order valence-corrected chi connectivity index (χ4v) is 1.82. The molecule has 1 aliphatic carbocycles. The number of nitrogens with one attached hydrogen (secondary N) is 2. The zero-order chi connectivity index (χ0) is 8.67. The predicted molar refractivity (Wildman–Crippen MR) is 49.3 cm³/mol. The molecule has 1 aromatic rings. The van der Waals surface area contributed by atoms with Crippen molar-refractivity contribution in [2.75, 3.05) is 0 Å². The average molecular weight is 174 g/mol. The summed E-state index contributed by atoms with van der Waals surface area (Å²) in [6.07, 6.45) is 3.12. The lowest BCUT2D eigenvalue weighted by atomic mass is 9.93. The van der Waals surface area contributed by atoms with E-state index in [0.717, 1.165) is 12.1 Å². The number of benzene rings is 1. The first-order valence-electron chi connectivity index (χ1n) is 4.40. The van der Waals surface area contributed by atoms with Gasteiger partial charge in [0, 0.05) is 0 Å².